The Labute approximate surface area is 133 Å². The molecule has 0 aliphatic carbocycles. The number of ether oxygens (including phenoxy) is 1. The molecule has 14 heavy (non-hydrogen) atoms. The molecule has 0 fully saturated rings. The van der Waals surface area contributed by atoms with Gasteiger partial charge in [-0.1, -0.05) is 52.4 Å². The summed E-state index contributed by atoms with van der Waals surface area (Å²) in [5.41, 5.74) is 0. The zero-order valence-electron chi connectivity index (χ0n) is 10.5. The molecule has 81 valence electrons. The van der Waals surface area contributed by atoms with Crippen LogP contribution in [0.5, 0.6) is 0 Å². The van der Waals surface area contributed by atoms with Crippen LogP contribution < -0.4 is 0 Å². The molecule has 0 aromatic carbocycles. The summed E-state index contributed by atoms with van der Waals surface area (Å²) in [4.78, 5) is 0. The fourth-order valence-electron chi connectivity index (χ4n) is 1.36. The van der Waals surface area contributed by atoms with Crippen molar-refractivity contribution in [2.75, 3.05) is 13.2 Å². The summed E-state index contributed by atoms with van der Waals surface area (Å²) in [6.45, 7) is 6.44. The SMILES string of the molecule is CCCCCCOCCCCCC.[K]. The first-order valence-corrected chi connectivity index (χ1v) is 5.99. The maximum atomic E-state index is 5.53. The molecular formula is C12H26KO. The quantitative estimate of drug-likeness (QED) is 0.406. The fraction of sp³-hybridized carbons (Fsp3) is 1.00. The van der Waals surface area contributed by atoms with E-state index in [0.29, 0.717) is 0 Å². The first-order chi connectivity index (χ1) is 6.41. The van der Waals surface area contributed by atoms with Crippen LogP contribution in [-0.2, 0) is 4.74 Å². The molecule has 1 radical (unpaired) electrons. The van der Waals surface area contributed by atoms with Crippen LogP contribution in [0.2, 0.25) is 0 Å². The molecule has 0 atom stereocenters. The molecule has 0 saturated heterocycles. The van der Waals surface area contributed by atoms with E-state index in [2.05, 4.69) is 13.8 Å². The second-order valence-electron chi connectivity index (χ2n) is 3.73. The Kier molecular flexibility index (Phi) is 21.8. The fourth-order valence-corrected chi connectivity index (χ4v) is 1.36. The van der Waals surface area contributed by atoms with Crippen LogP contribution in [0.15, 0.2) is 0 Å². The van der Waals surface area contributed by atoms with Crippen molar-refractivity contribution in [1.82, 2.24) is 0 Å². The number of unbranched alkanes of at least 4 members (excludes halogenated alkanes) is 6. The molecule has 0 aliphatic heterocycles. The minimum absolute atomic E-state index is 0. The molecule has 0 spiro atoms. The van der Waals surface area contributed by atoms with Crippen molar-refractivity contribution in [1.29, 1.82) is 0 Å². The molecular weight excluding hydrogens is 199 g/mol. The summed E-state index contributed by atoms with van der Waals surface area (Å²) in [6, 6.07) is 0. The van der Waals surface area contributed by atoms with E-state index in [1.54, 1.807) is 0 Å². The Morgan fingerprint density at radius 1 is 0.643 bits per heavy atom. The second-order valence-corrected chi connectivity index (χ2v) is 3.73. The normalized spacial score (nSPS) is 9.86. The smallest absolute Gasteiger partial charge is 0.0466 e. The summed E-state index contributed by atoms with van der Waals surface area (Å²) >= 11 is 0. The Bertz CT molecular complexity index is 76.4. The Morgan fingerprint density at radius 2 is 1.07 bits per heavy atom. The first kappa shape index (κ1) is 18.0. The predicted octanol–water partition coefficient (Wildman–Crippen LogP) is 3.78. The van der Waals surface area contributed by atoms with Crippen LogP contribution in [0.25, 0.3) is 0 Å². The van der Waals surface area contributed by atoms with Gasteiger partial charge < -0.3 is 4.74 Å². The van der Waals surface area contributed by atoms with Crippen molar-refractivity contribution < 1.29 is 4.74 Å². The van der Waals surface area contributed by atoms with Crippen LogP contribution in [0.3, 0.4) is 0 Å². The maximum Gasteiger partial charge on any atom is 0.0466 e. The molecule has 0 N–H and O–H groups in total. The molecule has 0 aromatic heterocycles. The Hall–Kier alpha value is 1.60. The molecule has 0 amide bonds. The third kappa shape index (κ3) is 16.0. The van der Waals surface area contributed by atoms with E-state index in [9.17, 15) is 0 Å². The van der Waals surface area contributed by atoms with Gasteiger partial charge in [-0.05, 0) is 12.8 Å². The molecule has 0 aromatic rings. The van der Waals surface area contributed by atoms with Gasteiger partial charge in [0.05, 0.1) is 0 Å². The topological polar surface area (TPSA) is 9.23 Å². The molecule has 0 aliphatic rings. The molecule has 0 saturated carbocycles. The zero-order chi connectivity index (χ0) is 9.78. The average Bonchev–Trinajstić information content (AvgIpc) is 2.16. The van der Waals surface area contributed by atoms with Crippen LogP contribution >= 0.6 is 0 Å². The molecule has 0 bridgehead atoms. The van der Waals surface area contributed by atoms with Crippen molar-refractivity contribution in [2.24, 2.45) is 0 Å². The zero-order valence-corrected chi connectivity index (χ0v) is 13.6. The summed E-state index contributed by atoms with van der Waals surface area (Å²) in [5.74, 6) is 0. The number of hydrogen-bond acceptors (Lipinski definition) is 1. The minimum atomic E-state index is 0. The van der Waals surface area contributed by atoms with Crippen LogP contribution in [0.4, 0.5) is 0 Å². The van der Waals surface area contributed by atoms with Crippen molar-refractivity contribution >= 4 is 51.4 Å². The molecule has 0 rings (SSSR count). The summed E-state index contributed by atoms with van der Waals surface area (Å²) in [7, 11) is 0. The average molecular weight is 225 g/mol. The van der Waals surface area contributed by atoms with E-state index < -0.39 is 0 Å². The number of hydrogen-bond donors (Lipinski definition) is 0. The van der Waals surface area contributed by atoms with Gasteiger partial charge in [-0.3, -0.25) is 0 Å². The van der Waals surface area contributed by atoms with Crippen LogP contribution in [0, 0.1) is 0 Å². The van der Waals surface area contributed by atoms with E-state index in [0.717, 1.165) is 13.2 Å². The standard InChI is InChI=1S/C12H26O.K/c1-3-5-7-9-11-13-12-10-8-6-4-2;/h3-12H2,1-2H3;. The third-order valence-electron chi connectivity index (χ3n) is 2.28. The first-order valence-electron chi connectivity index (χ1n) is 5.99. The van der Waals surface area contributed by atoms with Gasteiger partial charge in [0.1, 0.15) is 0 Å². The van der Waals surface area contributed by atoms with Gasteiger partial charge in [0.25, 0.3) is 0 Å². The maximum absolute atomic E-state index is 5.53. The summed E-state index contributed by atoms with van der Waals surface area (Å²) in [5, 5.41) is 0. The Morgan fingerprint density at radius 3 is 1.43 bits per heavy atom. The van der Waals surface area contributed by atoms with Crippen molar-refractivity contribution in [3.05, 3.63) is 0 Å². The van der Waals surface area contributed by atoms with Crippen molar-refractivity contribution in [3.8, 4) is 0 Å². The monoisotopic (exact) mass is 225 g/mol. The van der Waals surface area contributed by atoms with Gasteiger partial charge in [0.15, 0.2) is 0 Å². The van der Waals surface area contributed by atoms with Gasteiger partial charge in [-0.15, -0.1) is 0 Å². The Balaban J connectivity index is 0. The van der Waals surface area contributed by atoms with E-state index in [1.807, 2.05) is 0 Å². The van der Waals surface area contributed by atoms with E-state index in [-0.39, 0.29) is 51.4 Å². The van der Waals surface area contributed by atoms with Gasteiger partial charge in [0.2, 0.25) is 0 Å². The van der Waals surface area contributed by atoms with Crippen LogP contribution in [-0.4, -0.2) is 64.6 Å². The van der Waals surface area contributed by atoms with E-state index >= 15 is 0 Å². The predicted molar refractivity (Wildman–Crippen MR) is 64.9 cm³/mol. The van der Waals surface area contributed by atoms with Crippen LogP contribution in [0.1, 0.15) is 65.2 Å². The van der Waals surface area contributed by atoms with Gasteiger partial charge in [0, 0.05) is 64.6 Å². The van der Waals surface area contributed by atoms with Crippen molar-refractivity contribution in [3.63, 3.8) is 0 Å². The van der Waals surface area contributed by atoms with Gasteiger partial charge in [-0.25, -0.2) is 0 Å². The van der Waals surface area contributed by atoms with E-state index in [1.165, 1.54) is 51.4 Å². The molecule has 2 heteroatoms. The van der Waals surface area contributed by atoms with Crippen molar-refractivity contribution in [2.45, 2.75) is 65.2 Å². The minimum Gasteiger partial charge on any atom is -0.381 e. The van der Waals surface area contributed by atoms with Gasteiger partial charge in [-0.2, -0.15) is 0 Å². The largest absolute Gasteiger partial charge is 0.381 e. The summed E-state index contributed by atoms with van der Waals surface area (Å²) < 4.78 is 5.53. The summed E-state index contributed by atoms with van der Waals surface area (Å²) in [6.07, 6.45) is 10.5. The molecule has 0 unspecified atom stereocenters. The van der Waals surface area contributed by atoms with Gasteiger partial charge >= 0.3 is 0 Å². The molecule has 1 nitrogen and oxygen atoms in total. The number of rotatable bonds is 10. The third-order valence-corrected chi connectivity index (χ3v) is 2.28. The second kappa shape index (κ2) is 17.0. The molecule has 0 heterocycles. The van der Waals surface area contributed by atoms with E-state index in [4.69, 9.17) is 4.74 Å².